The highest BCUT2D eigenvalue weighted by Gasteiger charge is 2.67. The molecule has 1 aromatic heterocycles. The van der Waals surface area contributed by atoms with Gasteiger partial charge in [0.05, 0.1) is 11.6 Å². The Labute approximate surface area is 113 Å². The second-order valence-corrected chi connectivity index (χ2v) is 7.06. The molecule has 4 aliphatic carbocycles. The molecule has 5 rings (SSSR count). The zero-order valence-electron chi connectivity index (χ0n) is 11.1. The van der Waals surface area contributed by atoms with E-state index >= 15 is 0 Å². The molecule has 4 aliphatic rings. The lowest BCUT2D eigenvalue weighted by molar-refractivity contribution is -0.122. The van der Waals surface area contributed by atoms with E-state index in [1.54, 1.807) is 0 Å². The van der Waals surface area contributed by atoms with E-state index in [1.807, 2.05) is 12.3 Å². The molecule has 0 saturated heterocycles. The molecule has 1 heterocycles. The van der Waals surface area contributed by atoms with Crippen LogP contribution in [0.15, 0.2) is 18.3 Å². The van der Waals surface area contributed by atoms with Gasteiger partial charge in [-0.1, -0.05) is 6.07 Å². The number of carbonyl (C=O) groups excluding carboxylic acids is 1. The zero-order valence-corrected chi connectivity index (χ0v) is 11.1. The minimum absolute atomic E-state index is 0.131. The Hall–Kier alpha value is -1.18. The molecule has 3 fully saturated rings. The Morgan fingerprint density at radius 3 is 2.74 bits per heavy atom. The third kappa shape index (κ3) is 1.28. The predicted octanol–water partition coefficient (Wildman–Crippen LogP) is 2.97. The summed E-state index contributed by atoms with van der Waals surface area (Å²) in [5.74, 6) is 4.44. The number of pyridine rings is 1. The maximum Gasteiger partial charge on any atom is 0.145 e. The van der Waals surface area contributed by atoms with Gasteiger partial charge in [-0.3, -0.25) is 9.78 Å². The van der Waals surface area contributed by atoms with Crippen molar-refractivity contribution >= 4 is 5.78 Å². The lowest BCUT2D eigenvalue weighted by Gasteiger charge is -2.13. The second kappa shape index (κ2) is 3.47. The largest absolute Gasteiger partial charge is 0.299 e. The third-order valence-electron chi connectivity index (χ3n) is 6.37. The van der Waals surface area contributed by atoms with Crippen molar-refractivity contribution in [2.24, 2.45) is 29.6 Å². The molecule has 3 saturated carbocycles. The summed E-state index contributed by atoms with van der Waals surface area (Å²) < 4.78 is 0. The van der Waals surface area contributed by atoms with E-state index in [1.165, 1.54) is 24.8 Å². The van der Waals surface area contributed by atoms with Crippen LogP contribution in [0.5, 0.6) is 0 Å². The number of fused-ring (bicyclic) bond motifs is 6. The van der Waals surface area contributed by atoms with Crippen molar-refractivity contribution in [3.8, 4) is 0 Å². The molecule has 2 bridgehead atoms. The first-order valence-corrected chi connectivity index (χ1v) is 7.82. The minimum Gasteiger partial charge on any atom is -0.299 e. The molecular weight excluding hydrogens is 234 g/mol. The maximum atomic E-state index is 12.9. The van der Waals surface area contributed by atoms with E-state index in [2.05, 4.69) is 11.1 Å². The fraction of sp³-hybridized carbons (Fsp3) is 0.647. The van der Waals surface area contributed by atoms with Crippen LogP contribution in [0.4, 0.5) is 0 Å². The average molecular weight is 253 g/mol. The lowest BCUT2D eigenvalue weighted by Crippen LogP contribution is -2.17. The van der Waals surface area contributed by atoms with Crippen LogP contribution in [-0.4, -0.2) is 10.8 Å². The van der Waals surface area contributed by atoms with Gasteiger partial charge in [0.1, 0.15) is 5.78 Å². The van der Waals surface area contributed by atoms with Crippen molar-refractivity contribution in [2.75, 3.05) is 0 Å². The van der Waals surface area contributed by atoms with E-state index in [4.69, 9.17) is 0 Å². The summed E-state index contributed by atoms with van der Waals surface area (Å²) in [6.07, 6.45) is 8.13. The molecule has 98 valence electrons. The number of hydrogen-bond acceptors (Lipinski definition) is 2. The van der Waals surface area contributed by atoms with Crippen LogP contribution in [0.1, 0.15) is 42.9 Å². The minimum atomic E-state index is 0.131. The smallest absolute Gasteiger partial charge is 0.145 e. The van der Waals surface area contributed by atoms with Crippen LogP contribution in [0, 0.1) is 29.6 Å². The van der Waals surface area contributed by atoms with Crippen LogP contribution in [0.3, 0.4) is 0 Å². The first kappa shape index (κ1) is 10.6. The topological polar surface area (TPSA) is 30.0 Å². The van der Waals surface area contributed by atoms with Gasteiger partial charge in [-0.25, -0.2) is 0 Å². The van der Waals surface area contributed by atoms with Crippen LogP contribution in [-0.2, 0) is 11.2 Å². The molecule has 2 heteroatoms. The molecule has 5 atom stereocenters. The number of nitrogens with zero attached hydrogens (tertiary/aromatic N) is 1. The second-order valence-electron chi connectivity index (χ2n) is 7.06. The summed E-state index contributed by atoms with van der Waals surface area (Å²) in [6, 6.07) is 4.14. The van der Waals surface area contributed by atoms with Gasteiger partial charge in [-0.2, -0.15) is 0 Å². The van der Waals surface area contributed by atoms with E-state index in [-0.39, 0.29) is 5.92 Å². The quantitative estimate of drug-likeness (QED) is 0.811. The van der Waals surface area contributed by atoms with Crippen molar-refractivity contribution in [3.63, 3.8) is 0 Å². The molecular formula is C17H19NO. The summed E-state index contributed by atoms with van der Waals surface area (Å²) in [5.41, 5.74) is 2.42. The molecule has 2 nitrogen and oxygen atoms in total. The number of rotatable bonds is 2. The Bertz CT molecular complexity index is 550. The molecule has 0 N–H and O–H groups in total. The monoisotopic (exact) mass is 253 g/mol. The normalized spacial score (nSPS) is 45.1. The Kier molecular flexibility index (Phi) is 1.93. The Morgan fingerprint density at radius 1 is 1.16 bits per heavy atom. The van der Waals surface area contributed by atoms with Gasteiger partial charge < -0.3 is 0 Å². The first-order valence-electron chi connectivity index (χ1n) is 7.82. The standard InChI is InChI=1S/C17H19NO/c19-17(12-6-5-9-2-1-7-18-16(9)12)15-13-10-3-4-11(8-10)14(13)15/h1-2,7,10-15H,3-6,8H2. The van der Waals surface area contributed by atoms with Gasteiger partial charge in [0.25, 0.3) is 0 Å². The van der Waals surface area contributed by atoms with Gasteiger partial charge in [-0.15, -0.1) is 0 Å². The Balaban J connectivity index is 1.43. The fourth-order valence-corrected chi connectivity index (χ4v) is 5.63. The summed E-state index contributed by atoms with van der Waals surface area (Å²) in [6.45, 7) is 0. The van der Waals surface area contributed by atoms with Crippen LogP contribution in [0.2, 0.25) is 0 Å². The molecule has 0 aliphatic heterocycles. The zero-order chi connectivity index (χ0) is 12.6. The van der Waals surface area contributed by atoms with Crippen molar-refractivity contribution in [3.05, 3.63) is 29.6 Å². The molecule has 5 unspecified atom stereocenters. The molecule has 0 aromatic carbocycles. The third-order valence-corrected chi connectivity index (χ3v) is 6.37. The SMILES string of the molecule is O=C(C1CCc2cccnc21)C1C2C3CCC(C3)C12. The summed E-state index contributed by atoms with van der Waals surface area (Å²) in [4.78, 5) is 17.4. The van der Waals surface area contributed by atoms with Crippen LogP contribution in [0.25, 0.3) is 0 Å². The van der Waals surface area contributed by atoms with Gasteiger partial charge in [-0.05, 0) is 67.4 Å². The van der Waals surface area contributed by atoms with Crippen molar-refractivity contribution in [1.82, 2.24) is 4.98 Å². The number of carbonyl (C=O) groups is 1. The van der Waals surface area contributed by atoms with Crippen molar-refractivity contribution in [2.45, 2.75) is 38.0 Å². The molecule has 0 radical (unpaired) electrons. The first-order chi connectivity index (χ1) is 9.34. The maximum absolute atomic E-state index is 12.9. The highest BCUT2D eigenvalue weighted by Crippen LogP contribution is 2.70. The van der Waals surface area contributed by atoms with E-state index < -0.39 is 0 Å². The highest BCUT2D eigenvalue weighted by atomic mass is 16.1. The van der Waals surface area contributed by atoms with Crippen molar-refractivity contribution < 1.29 is 4.79 Å². The average Bonchev–Trinajstić information content (AvgIpc) is 2.82. The molecule has 1 aromatic rings. The lowest BCUT2D eigenvalue weighted by atomic mass is 9.91. The molecule has 0 spiro atoms. The fourth-order valence-electron chi connectivity index (χ4n) is 5.63. The molecule has 19 heavy (non-hydrogen) atoms. The molecule has 0 amide bonds. The Morgan fingerprint density at radius 2 is 1.95 bits per heavy atom. The predicted molar refractivity (Wildman–Crippen MR) is 71.6 cm³/mol. The number of hydrogen-bond donors (Lipinski definition) is 0. The summed E-state index contributed by atoms with van der Waals surface area (Å²) >= 11 is 0. The van der Waals surface area contributed by atoms with Gasteiger partial charge >= 0.3 is 0 Å². The summed E-state index contributed by atoms with van der Waals surface area (Å²) in [5, 5.41) is 0. The number of aryl methyl sites for hydroxylation is 1. The van der Waals surface area contributed by atoms with Crippen molar-refractivity contribution in [1.29, 1.82) is 0 Å². The highest BCUT2D eigenvalue weighted by molar-refractivity contribution is 5.91. The van der Waals surface area contributed by atoms with Crippen LogP contribution < -0.4 is 0 Å². The number of ketones is 1. The van der Waals surface area contributed by atoms with E-state index in [0.717, 1.165) is 42.2 Å². The van der Waals surface area contributed by atoms with Gasteiger partial charge in [0, 0.05) is 12.1 Å². The van der Waals surface area contributed by atoms with E-state index in [9.17, 15) is 4.79 Å². The summed E-state index contributed by atoms with van der Waals surface area (Å²) in [7, 11) is 0. The van der Waals surface area contributed by atoms with Crippen LogP contribution >= 0.6 is 0 Å². The van der Waals surface area contributed by atoms with Gasteiger partial charge in [0.2, 0.25) is 0 Å². The van der Waals surface area contributed by atoms with Gasteiger partial charge in [0.15, 0.2) is 0 Å². The number of aromatic nitrogens is 1. The van der Waals surface area contributed by atoms with E-state index in [0.29, 0.717) is 11.7 Å². The number of Topliss-reactive ketones (excluding diaryl/α,β-unsaturated/α-hetero) is 1.